The number of hydrogen-bond acceptors (Lipinski definition) is 3. The normalized spacial score (nSPS) is 18.1. The number of thiazole rings is 1. The number of likely N-dealkylation sites (tertiary alicyclic amines) is 1. The van der Waals surface area contributed by atoms with E-state index in [9.17, 15) is 4.79 Å². The smallest absolute Gasteiger partial charge is 0.232 e. The lowest BCUT2D eigenvalue weighted by Crippen LogP contribution is -2.38. The van der Waals surface area contributed by atoms with Crippen molar-refractivity contribution >= 4 is 39.8 Å². The number of nitrogens with zero attached hydrogens (tertiary/aromatic N) is 2. The van der Waals surface area contributed by atoms with Gasteiger partial charge in [-0.05, 0) is 12.8 Å². The predicted octanol–water partition coefficient (Wildman–Crippen LogP) is 2.28. The predicted molar refractivity (Wildman–Crippen MR) is 69.6 cm³/mol. The Labute approximate surface area is 107 Å². The monoisotopic (exact) mass is 336 g/mol. The maximum Gasteiger partial charge on any atom is 0.232 e. The molecule has 2 rings (SSSR count). The molecule has 5 heteroatoms. The molecule has 0 bridgehead atoms. The van der Waals surface area contributed by atoms with Crippen molar-refractivity contribution in [1.82, 2.24) is 9.88 Å². The summed E-state index contributed by atoms with van der Waals surface area (Å²) in [6.07, 6.45) is 3.99. The quantitative estimate of drug-likeness (QED) is 0.613. The van der Waals surface area contributed by atoms with Crippen LogP contribution in [0.2, 0.25) is 0 Å². The first kappa shape index (κ1) is 11.3. The summed E-state index contributed by atoms with van der Waals surface area (Å²) in [5, 5.41) is 3.26. The Morgan fingerprint density at radius 1 is 1.60 bits per heavy atom. The Kier molecular flexibility index (Phi) is 3.96. The van der Waals surface area contributed by atoms with Crippen LogP contribution in [0, 0.1) is 0 Å². The van der Waals surface area contributed by atoms with Gasteiger partial charge in [-0.1, -0.05) is 22.6 Å². The highest BCUT2D eigenvalue weighted by Gasteiger charge is 2.24. The van der Waals surface area contributed by atoms with Gasteiger partial charge in [0.1, 0.15) is 0 Å². The highest BCUT2D eigenvalue weighted by atomic mass is 127. The zero-order valence-corrected chi connectivity index (χ0v) is 11.3. The standard InChI is InChI=1S/C10H13IN2OS/c11-7-9(14)13-4-1-8(2-5-13)10-12-3-6-15-10/h3,6,8H,1-2,4-5,7H2. The third-order valence-electron chi connectivity index (χ3n) is 2.76. The summed E-state index contributed by atoms with van der Waals surface area (Å²) in [6, 6.07) is 0. The van der Waals surface area contributed by atoms with Gasteiger partial charge in [0.2, 0.25) is 5.91 Å². The number of alkyl halides is 1. The van der Waals surface area contributed by atoms with E-state index in [0.29, 0.717) is 10.3 Å². The number of carbonyl (C=O) groups is 1. The van der Waals surface area contributed by atoms with Crippen LogP contribution in [0.3, 0.4) is 0 Å². The van der Waals surface area contributed by atoms with Crippen molar-refractivity contribution in [3.8, 4) is 0 Å². The summed E-state index contributed by atoms with van der Waals surface area (Å²) in [6.45, 7) is 1.79. The Bertz CT molecular complexity index is 320. The molecule has 1 aromatic rings. The topological polar surface area (TPSA) is 33.2 Å². The number of amides is 1. The largest absolute Gasteiger partial charge is 0.342 e. The van der Waals surface area contributed by atoms with Gasteiger partial charge in [0, 0.05) is 30.6 Å². The van der Waals surface area contributed by atoms with Crippen molar-refractivity contribution in [2.24, 2.45) is 0 Å². The van der Waals surface area contributed by atoms with E-state index >= 15 is 0 Å². The molecule has 0 spiro atoms. The minimum Gasteiger partial charge on any atom is -0.342 e. The molecule has 0 aliphatic carbocycles. The van der Waals surface area contributed by atoms with E-state index in [4.69, 9.17) is 0 Å². The first-order chi connectivity index (χ1) is 7.31. The van der Waals surface area contributed by atoms with Crippen molar-refractivity contribution < 1.29 is 4.79 Å². The third-order valence-corrected chi connectivity index (χ3v) is 4.35. The van der Waals surface area contributed by atoms with Crippen LogP contribution < -0.4 is 0 Å². The Morgan fingerprint density at radius 2 is 2.33 bits per heavy atom. The number of piperidine rings is 1. The fraction of sp³-hybridized carbons (Fsp3) is 0.600. The van der Waals surface area contributed by atoms with Crippen LogP contribution in [-0.4, -0.2) is 33.3 Å². The van der Waals surface area contributed by atoms with Crippen molar-refractivity contribution in [3.63, 3.8) is 0 Å². The fourth-order valence-electron chi connectivity index (χ4n) is 1.90. The van der Waals surface area contributed by atoms with Crippen molar-refractivity contribution in [3.05, 3.63) is 16.6 Å². The summed E-state index contributed by atoms with van der Waals surface area (Å²) in [5.74, 6) is 0.844. The number of aromatic nitrogens is 1. The van der Waals surface area contributed by atoms with Crippen LogP contribution in [0.4, 0.5) is 0 Å². The van der Waals surface area contributed by atoms with E-state index in [1.807, 2.05) is 16.5 Å². The second-order valence-electron chi connectivity index (χ2n) is 3.66. The van der Waals surface area contributed by atoms with Crippen LogP contribution in [0.1, 0.15) is 23.8 Å². The SMILES string of the molecule is O=C(CI)N1CCC(c2nccs2)CC1. The number of halogens is 1. The van der Waals surface area contributed by atoms with Crippen LogP contribution >= 0.6 is 33.9 Å². The van der Waals surface area contributed by atoms with Gasteiger partial charge >= 0.3 is 0 Å². The molecule has 1 amide bonds. The molecule has 15 heavy (non-hydrogen) atoms. The lowest BCUT2D eigenvalue weighted by molar-refractivity contribution is -0.129. The fourth-order valence-corrected chi connectivity index (χ4v) is 3.19. The molecule has 0 N–H and O–H groups in total. The molecule has 1 saturated heterocycles. The molecule has 0 saturated carbocycles. The molecule has 2 heterocycles. The van der Waals surface area contributed by atoms with Gasteiger partial charge in [0.15, 0.2) is 0 Å². The van der Waals surface area contributed by atoms with Gasteiger partial charge in [-0.25, -0.2) is 4.98 Å². The maximum absolute atomic E-state index is 11.5. The average molecular weight is 336 g/mol. The van der Waals surface area contributed by atoms with Crippen molar-refractivity contribution in [1.29, 1.82) is 0 Å². The first-order valence-corrected chi connectivity index (χ1v) is 7.45. The van der Waals surface area contributed by atoms with Gasteiger partial charge in [-0.15, -0.1) is 11.3 Å². The molecule has 0 aromatic carbocycles. The summed E-state index contributed by atoms with van der Waals surface area (Å²) in [5.41, 5.74) is 0. The second kappa shape index (κ2) is 5.25. The molecular formula is C10H13IN2OS. The molecule has 0 atom stereocenters. The van der Waals surface area contributed by atoms with Gasteiger partial charge < -0.3 is 4.90 Å². The number of carbonyl (C=O) groups excluding carboxylic acids is 1. The van der Waals surface area contributed by atoms with E-state index in [-0.39, 0.29) is 5.91 Å². The highest BCUT2D eigenvalue weighted by Crippen LogP contribution is 2.29. The maximum atomic E-state index is 11.5. The molecular weight excluding hydrogens is 323 g/mol. The first-order valence-electron chi connectivity index (χ1n) is 5.04. The number of rotatable bonds is 2. The Morgan fingerprint density at radius 3 is 2.87 bits per heavy atom. The van der Waals surface area contributed by atoms with E-state index in [2.05, 4.69) is 27.6 Å². The van der Waals surface area contributed by atoms with E-state index in [1.165, 1.54) is 5.01 Å². The summed E-state index contributed by atoms with van der Waals surface area (Å²) < 4.78 is 0.597. The summed E-state index contributed by atoms with van der Waals surface area (Å²) in [7, 11) is 0. The van der Waals surface area contributed by atoms with Crippen molar-refractivity contribution in [2.75, 3.05) is 17.5 Å². The third kappa shape index (κ3) is 2.69. The minimum atomic E-state index is 0.271. The molecule has 0 radical (unpaired) electrons. The van der Waals surface area contributed by atoms with E-state index in [0.717, 1.165) is 25.9 Å². The van der Waals surface area contributed by atoms with E-state index < -0.39 is 0 Å². The van der Waals surface area contributed by atoms with Crippen LogP contribution in [-0.2, 0) is 4.79 Å². The van der Waals surface area contributed by atoms with E-state index in [1.54, 1.807) is 11.3 Å². The molecule has 3 nitrogen and oxygen atoms in total. The van der Waals surface area contributed by atoms with Gasteiger partial charge in [0.25, 0.3) is 0 Å². The number of hydrogen-bond donors (Lipinski definition) is 0. The Hall–Kier alpha value is -0.170. The van der Waals surface area contributed by atoms with Gasteiger partial charge in [0.05, 0.1) is 9.44 Å². The zero-order chi connectivity index (χ0) is 10.7. The lowest BCUT2D eigenvalue weighted by atomic mass is 9.97. The minimum absolute atomic E-state index is 0.271. The molecule has 1 aliphatic rings. The molecule has 1 aliphatic heterocycles. The average Bonchev–Trinajstić information content (AvgIpc) is 2.82. The summed E-state index contributed by atoms with van der Waals surface area (Å²) in [4.78, 5) is 17.8. The molecule has 1 aromatic heterocycles. The van der Waals surface area contributed by atoms with Crippen LogP contribution in [0.5, 0.6) is 0 Å². The highest BCUT2D eigenvalue weighted by molar-refractivity contribution is 14.1. The molecule has 82 valence electrons. The van der Waals surface area contributed by atoms with Crippen LogP contribution in [0.25, 0.3) is 0 Å². The van der Waals surface area contributed by atoms with Gasteiger partial charge in [-0.3, -0.25) is 4.79 Å². The molecule has 1 fully saturated rings. The Balaban J connectivity index is 1.90. The van der Waals surface area contributed by atoms with Gasteiger partial charge in [-0.2, -0.15) is 0 Å². The lowest BCUT2D eigenvalue weighted by Gasteiger charge is -2.30. The molecule has 0 unspecified atom stereocenters. The zero-order valence-electron chi connectivity index (χ0n) is 8.36. The summed E-state index contributed by atoms with van der Waals surface area (Å²) >= 11 is 3.86. The second-order valence-corrected chi connectivity index (χ2v) is 5.35. The van der Waals surface area contributed by atoms with Crippen molar-refractivity contribution in [2.45, 2.75) is 18.8 Å². The van der Waals surface area contributed by atoms with Crippen LogP contribution in [0.15, 0.2) is 11.6 Å².